The van der Waals surface area contributed by atoms with Crippen molar-refractivity contribution in [3.63, 3.8) is 0 Å². The molecule has 0 aliphatic rings. The number of benzene rings is 2. The Kier molecular flexibility index (Phi) is 7.17. The number of phenolic OH excluding ortho intramolecular Hbond substituents is 1. The lowest BCUT2D eigenvalue weighted by Crippen LogP contribution is -2.47. The van der Waals surface area contributed by atoms with E-state index in [9.17, 15) is 14.7 Å². The number of carbonyl (C=O) groups excluding carboxylic acids is 2. The van der Waals surface area contributed by atoms with Gasteiger partial charge in [0.2, 0.25) is 0 Å². The molecule has 2 amide bonds. The Labute approximate surface area is 151 Å². The number of amides is 2. The molecule has 0 spiro atoms. The second-order valence-corrected chi connectivity index (χ2v) is 5.40. The van der Waals surface area contributed by atoms with E-state index in [0.29, 0.717) is 5.56 Å². The molecule has 26 heavy (non-hydrogen) atoms. The van der Waals surface area contributed by atoms with Crippen LogP contribution in [0.5, 0.6) is 5.75 Å². The number of hydrazone groups is 1. The van der Waals surface area contributed by atoms with Crippen LogP contribution in [0.4, 0.5) is 4.79 Å². The molecule has 2 aromatic carbocycles. The first-order valence-corrected chi connectivity index (χ1v) is 8.18. The van der Waals surface area contributed by atoms with Crippen molar-refractivity contribution < 1.29 is 19.4 Å². The fourth-order valence-corrected chi connectivity index (χ4v) is 2.21. The number of phenols is 1. The summed E-state index contributed by atoms with van der Waals surface area (Å²) in [6.45, 7) is 1.89. The van der Waals surface area contributed by atoms with Gasteiger partial charge in [0.25, 0.3) is 5.91 Å². The van der Waals surface area contributed by atoms with Crippen LogP contribution < -0.4 is 10.7 Å². The van der Waals surface area contributed by atoms with Crippen molar-refractivity contribution in [2.75, 3.05) is 6.61 Å². The maximum absolute atomic E-state index is 12.4. The molecule has 7 heteroatoms. The van der Waals surface area contributed by atoms with Crippen LogP contribution in [0, 0.1) is 0 Å². The minimum absolute atomic E-state index is 0.0518. The maximum Gasteiger partial charge on any atom is 0.407 e. The summed E-state index contributed by atoms with van der Waals surface area (Å²) in [6.07, 6.45) is 0.947. The fraction of sp³-hybridized carbons (Fsp3) is 0.211. The van der Waals surface area contributed by atoms with Gasteiger partial charge in [-0.15, -0.1) is 0 Å². The molecule has 0 fully saturated rings. The number of rotatable bonds is 7. The normalized spacial score (nSPS) is 11.7. The SMILES string of the molecule is CCOC(=O)N[C@H](Cc1ccccc1)C(=O)N/N=C\c1ccccc1O. The predicted molar refractivity (Wildman–Crippen MR) is 97.9 cm³/mol. The van der Waals surface area contributed by atoms with Crippen LogP contribution in [-0.2, 0) is 16.0 Å². The van der Waals surface area contributed by atoms with Gasteiger partial charge in [-0.3, -0.25) is 4.79 Å². The van der Waals surface area contributed by atoms with Gasteiger partial charge in [0.1, 0.15) is 11.8 Å². The Bertz CT molecular complexity index is 762. The molecule has 1 atom stereocenters. The number of hydrogen-bond donors (Lipinski definition) is 3. The van der Waals surface area contributed by atoms with Crippen molar-refractivity contribution in [2.24, 2.45) is 5.10 Å². The van der Waals surface area contributed by atoms with Crippen LogP contribution in [-0.4, -0.2) is 36.0 Å². The first-order valence-electron chi connectivity index (χ1n) is 8.18. The van der Waals surface area contributed by atoms with E-state index in [0.717, 1.165) is 5.56 Å². The van der Waals surface area contributed by atoms with Gasteiger partial charge in [-0.2, -0.15) is 5.10 Å². The number of carbonyl (C=O) groups is 2. The van der Waals surface area contributed by atoms with Crippen molar-refractivity contribution in [3.8, 4) is 5.75 Å². The maximum atomic E-state index is 12.4. The highest BCUT2D eigenvalue weighted by Gasteiger charge is 2.21. The highest BCUT2D eigenvalue weighted by molar-refractivity contribution is 5.88. The lowest BCUT2D eigenvalue weighted by molar-refractivity contribution is -0.123. The minimum atomic E-state index is -0.849. The molecule has 0 unspecified atom stereocenters. The highest BCUT2D eigenvalue weighted by atomic mass is 16.5. The molecule has 7 nitrogen and oxygen atoms in total. The quantitative estimate of drug-likeness (QED) is 0.524. The Balaban J connectivity index is 2.04. The minimum Gasteiger partial charge on any atom is -0.507 e. The Morgan fingerprint density at radius 1 is 1.15 bits per heavy atom. The molecule has 0 aromatic heterocycles. The average Bonchev–Trinajstić information content (AvgIpc) is 2.64. The number of alkyl carbamates (subject to hydrolysis) is 1. The topological polar surface area (TPSA) is 100 Å². The zero-order valence-electron chi connectivity index (χ0n) is 14.4. The van der Waals surface area contributed by atoms with Crippen LogP contribution >= 0.6 is 0 Å². The Morgan fingerprint density at radius 3 is 2.54 bits per heavy atom. The summed E-state index contributed by atoms with van der Waals surface area (Å²) in [5.74, 6) is -0.440. The van der Waals surface area contributed by atoms with E-state index < -0.39 is 18.0 Å². The standard InChI is InChI=1S/C19H21N3O4/c1-2-26-19(25)21-16(12-14-8-4-3-5-9-14)18(24)22-20-13-15-10-6-7-11-17(15)23/h3-11,13,16,23H,2,12H2,1H3,(H,21,25)(H,22,24)/b20-13-/t16-/m1/s1. The van der Waals surface area contributed by atoms with Gasteiger partial charge in [-0.25, -0.2) is 10.2 Å². The largest absolute Gasteiger partial charge is 0.507 e. The molecule has 0 aliphatic heterocycles. The first kappa shape index (κ1) is 19.0. The number of para-hydroxylation sites is 1. The average molecular weight is 355 g/mol. The predicted octanol–water partition coefficient (Wildman–Crippen LogP) is 2.20. The van der Waals surface area contributed by atoms with Gasteiger partial charge >= 0.3 is 6.09 Å². The van der Waals surface area contributed by atoms with Gasteiger partial charge in [0.05, 0.1) is 12.8 Å². The van der Waals surface area contributed by atoms with Gasteiger partial charge in [-0.1, -0.05) is 42.5 Å². The van der Waals surface area contributed by atoms with E-state index in [2.05, 4.69) is 15.8 Å². The number of nitrogens with one attached hydrogen (secondary N) is 2. The third-order valence-electron chi connectivity index (χ3n) is 3.48. The molecule has 0 heterocycles. The summed E-state index contributed by atoms with van der Waals surface area (Å²) in [7, 11) is 0. The molecule has 0 saturated heterocycles. The molecule has 0 aliphatic carbocycles. The van der Waals surface area contributed by atoms with Crippen LogP contribution in [0.25, 0.3) is 0 Å². The van der Waals surface area contributed by atoms with E-state index in [4.69, 9.17) is 4.74 Å². The second kappa shape index (κ2) is 9.83. The van der Waals surface area contributed by atoms with Crippen LogP contribution in [0.3, 0.4) is 0 Å². The van der Waals surface area contributed by atoms with E-state index in [1.807, 2.05) is 30.3 Å². The smallest absolute Gasteiger partial charge is 0.407 e. The van der Waals surface area contributed by atoms with E-state index in [1.165, 1.54) is 12.3 Å². The molecule has 0 bridgehead atoms. The summed E-state index contributed by atoms with van der Waals surface area (Å²) in [4.78, 5) is 24.1. The van der Waals surface area contributed by atoms with Crippen LogP contribution in [0.15, 0.2) is 59.7 Å². The van der Waals surface area contributed by atoms with Crippen molar-refractivity contribution in [1.82, 2.24) is 10.7 Å². The summed E-state index contributed by atoms with van der Waals surface area (Å²) in [5, 5.41) is 16.1. The molecule has 2 aromatic rings. The molecule has 0 saturated carbocycles. The van der Waals surface area contributed by atoms with Crippen LogP contribution in [0.2, 0.25) is 0 Å². The number of ether oxygens (including phenoxy) is 1. The molecule has 0 radical (unpaired) electrons. The Morgan fingerprint density at radius 2 is 1.85 bits per heavy atom. The van der Waals surface area contributed by atoms with Gasteiger partial charge in [-0.05, 0) is 24.6 Å². The monoisotopic (exact) mass is 355 g/mol. The van der Waals surface area contributed by atoms with Crippen molar-refractivity contribution in [1.29, 1.82) is 0 Å². The summed E-state index contributed by atoms with van der Waals surface area (Å²) in [6, 6.07) is 15.0. The highest BCUT2D eigenvalue weighted by Crippen LogP contribution is 2.12. The molecule has 3 N–H and O–H groups in total. The lowest BCUT2D eigenvalue weighted by atomic mass is 10.1. The Hall–Kier alpha value is -3.35. The lowest BCUT2D eigenvalue weighted by Gasteiger charge is -2.16. The van der Waals surface area contributed by atoms with E-state index in [1.54, 1.807) is 25.1 Å². The van der Waals surface area contributed by atoms with Gasteiger partial charge in [0, 0.05) is 12.0 Å². The fourth-order valence-electron chi connectivity index (χ4n) is 2.21. The first-order chi connectivity index (χ1) is 12.6. The molecule has 2 rings (SSSR count). The summed E-state index contributed by atoms with van der Waals surface area (Å²) in [5.41, 5.74) is 3.72. The van der Waals surface area contributed by atoms with E-state index in [-0.39, 0.29) is 18.8 Å². The third-order valence-corrected chi connectivity index (χ3v) is 3.48. The third kappa shape index (κ3) is 5.94. The van der Waals surface area contributed by atoms with Crippen molar-refractivity contribution in [2.45, 2.75) is 19.4 Å². The zero-order valence-corrected chi connectivity index (χ0v) is 14.4. The number of aromatic hydroxyl groups is 1. The molecular formula is C19H21N3O4. The van der Waals surface area contributed by atoms with Crippen molar-refractivity contribution in [3.05, 3.63) is 65.7 Å². The van der Waals surface area contributed by atoms with E-state index >= 15 is 0 Å². The number of nitrogens with zero attached hydrogens (tertiary/aromatic N) is 1. The zero-order chi connectivity index (χ0) is 18.8. The molecule has 136 valence electrons. The summed E-state index contributed by atoms with van der Waals surface area (Å²) < 4.78 is 4.85. The number of hydrogen-bond acceptors (Lipinski definition) is 5. The summed E-state index contributed by atoms with van der Waals surface area (Å²) >= 11 is 0. The second-order valence-electron chi connectivity index (χ2n) is 5.40. The van der Waals surface area contributed by atoms with Crippen LogP contribution in [0.1, 0.15) is 18.1 Å². The van der Waals surface area contributed by atoms with Crippen molar-refractivity contribution >= 4 is 18.2 Å². The van der Waals surface area contributed by atoms with Gasteiger partial charge in [0.15, 0.2) is 0 Å². The van der Waals surface area contributed by atoms with Gasteiger partial charge < -0.3 is 15.2 Å². The molecular weight excluding hydrogens is 334 g/mol.